The Bertz CT molecular complexity index is 1150. The van der Waals surface area contributed by atoms with Gasteiger partial charge in [0, 0.05) is 0 Å². The average molecular weight is 428 g/mol. The van der Waals surface area contributed by atoms with Gasteiger partial charge in [-0.05, 0) is 55.3 Å². The number of ether oxygens (including phenoxy) is 2. The van der Waals surface area contributed by atoms with Crippen LogP contribution in [-0.4, -0.2) is 18.4 Å². The molecule has 0 aliphatic carbocycles. The maximum atomic E-state index is 12.8. The number of amides is 2. The molecule has 1 N–H and O–H groups in total. The molecule has 3 aromatic rings. The van der Waals surface area contributed by atoms with E-state index in [1.54, 1.807) is 48.5 Å². The van der Waals surface area contributed by atoms with Crippen molar-refractivity contribution in [1.82, 2.24) is 5.43 Å². The van der Waals surface area contributed by atoms with Crippen molar-refractivity contribution in [3.05, 3.63) is 95.1 Å². The van der Waals surface area contributed by atoms with Gasteiger partial charge in [0.15, 0.2) is 11.5 Å². The molecule has 3 aromatic carbocycles. The van der Waals surface area contributed by atoms with Crippen LogP contribution in [0.25, 0.3) is 6.08 Å². The molecule has 1 heterocycles. The molecule has 2 amide bonds. The van der Waals surface area contributed by atoms with E-state index in [9.17, 15) is 9.59 Å². The summed E-state index contributed by atoms with van der Waals surface area (Å²) in [5.41, 5.74) is 6.18. The highest BCUT2D eigenvalue weighted by Crippen LogP contribution is 2.31. The number of nitrogens with zero attached hydrogens (tertiary/aromatic N) is 1. The van der Waals surface area contributed by atoms with Crippen molar-refractivity contribution in [3.63, 3.8) is 0 Å². The lowest BCUT2D eigenvalue weighted by Crippen LogP contribution is -2.35. The van der Waals surface area contributed by atoms with Crippen LogP contribution in [0, 0.1) is 6.92 Å². The maximum Gasteiger partial charge on any atom is 0.282 e. The van der Waals surface area contributed by atoms with Crippen molar-refractivity contribution in [2.24, 2.45) is 0 Å². The lowest BCUT2D eigenvalue weighted by atomic mass is 10.1. The molecule has 1 aliphatic rings. The van der Waals surface area contributed by atoms with E-state index in [0.717, 1.165) is 5.56 Å². The van der Waals surface area contributed by atoms with Gasteiger partial charge in [-0.15, -0.1) is 0 Å². The molecule has 0 atom stereocenters. The minimum Gasteiger partial charge on any atom is -0.490 e. The van der Waals surface area contributed by atoms with Gasteiger partial charge in [0.25, 0.3) is 11.8 Å². The van der Waals surface area contributed by atoms with Crippen molar-refractivity contribution in [2.75, 3.05) is 11.6 Å². The van der Waals surface area contributed by atoms with Crippen LogP contribution in [0.15, 0.2) is 78.4 Å². The van der Waals surface area contributed by atoms with E-state index in [2.05, 4.69) is 5.43 Å². The number of aryl methyl sites for hydroxylation is 1. The van der Waals surface area contributed by atoms with E-state index in [1.165, 1.54) is 10.6 Å². The maximum absolute atomic E-state index is 12.8. The van der Waals surface area contributed by atoms with Gasteiger partial charge in [0.2, 0.25) is 0 Å². The molecule has 0 saturated carbocycles. The summed E-state index contributed by atoms with van der Waals surface area (Å²) in [6.45, 7) is 4.80. The van der Waals surface area contributed by atoms with Gasteiger partial charge in [-0.1, -0.05) is 54.1 Å². The lowest BCUT2D eigenvalue weighted by Gasteiger charge is -2.14. The zero-order valence-electron chi connectivity index (χ0n) is 18.0. The van der Waals surface area contributed by atoms with Crippen LogP contribution in [0.3, 0.4) is 0 Å². The third-order valence-electron chi connectivity index (χ3n) is 5.00. The first-order valence-electron chi connectivity index (χ1n) is 10.4. The summed E-state index contributed by atoms with van der Waals surface area (Å²) in [7, 11) is 0. The Kier molecular flexibility index (Phi) is 6.22. The summed E-state index contributed by atoms with van der Waals surface area (Å²) in [4.78, 5) is 25.2. The zero-order chi connectivity index (χ0) is 22.5. The van der Waals surface area contributed by atoms with Crippen molar-refractivity contribution in [1.29, 1.82) is 0 Å². The highest BCUT2D eigenvalue weighted by Gasteiger charge is 2.34. The first-order chi connectivity index (χ1) is 15.5. The number of carbonyl (C=O) groups is 2. The van der Waals surface area contributed by atoms with Gasteiger partial charge in [0.1, 0.15) is 12.2 Å². The smallest absolute Gasteiger partial charge is 0.282 e. The molecular weight excluding hydrogens is 404 g/mol. The Morgan fingerprint density at radius 2 is 1.66 bits per heavy atom. The van der Waals surface area contributed by atoms with Crippen molar-refractivity contribution in [2.45, 2.75) is 20.5 Å². The Morgan fingerprint density at radius 3 is 2.38 bits per heavy atom. The molecule has 32 heavy (non-hydrogen) atoms. The Labute approximate surface area is 187 Å². The first kappa shape index (κ1) is 21.2. The van der Waals surface area contributed by atoms with Crippen molar-refractivity contribution in [3.8, 4) is 11.5 Å². The summed E-state index contributed by atoms with van der Waals surface area (Å²) in [5.74, 6) is 0.304. The van der Waals surface area contributed by atoms with Gasteiger partial charge >= 0.3 is 0 Å². The van der Waals surface area contributed by atoms with Crippen molar-refractivity contribution < 1.29 is 19.1 Å². The van der Waals surface area contributed by atoms with Crippen LogP contribution in [0.5, 0.6) is 11.5 Å². The first-order valence-corrected chi connectivity index (χ1v) is 10.4. The number of rotatable bonds is 7. The van der Waals surface area contributed by atoms with Gasteiger partial charge in [-0.2, -0.15) is 0 Å². The SMILES string of the molecule is CCOc1cc(/C=C2\C(=O)NN(c3ccccc3)C2=O)ccc1OCc1ccc(C)cc1. The van der Waals surface area contributed by atoms with Gasteiger partial charge in [0.05, 0.1) is 12.3 Å². The van der Waals surface area contributed by atoms with Gasteiger partial charge in [-0.3, -0.25) is 15.0 Å². The Hall–Kier alpha value is -4.06. The molecule has 0 radical (unpaired) electrons. The fraction of sp³-hybridized carbons (Fsp3) is 0.154. The van der Waals surface area contributed by atoms with E-state index >= 15 is 0 Å². The van der Waals surface area contributed by atoms with Gasteiger partial charge in [-0.25, -0.2) is 5.01 Å². The molecule has 0 bridgehead atoms. The summed E-state index contributed by atoms with van der Waals surface area (Å²) < 4.78 is 11.7. The molecule has 4 rings (SSSR count). The number of hydrogen-bond acceptors (Lipinski definition) is 4. The fourth-order valence-corrected chi connectivity index (χ4v) is 3.33. The molecule has 6 nitrogen and oxygen atoms in total. The second-order valence-electron chi connectivity index (χ2n) is 7.39. The predicted octanol–water partition coefficient (Wildman–Crippen LogP) is 4.43. The predicted molar refractivity (Wildman–Crippen MR) is 123 cm³/mol. The molecule has 1 saturated heterocycles. The molecule has 162 valence electrons. The zero-order valence-corrected chi connectivity index (χ0v) is 18.0. The Balaban J connectivity index is 1.55. The standard InChI is InChI=1S/C26H24N2O4/c1-3-31-24-16-20(13-14-23(24)32-17-19-11-9-18(2)10-12-19)15-22-25(29)27-28(26(22)30)21-7-5-4-6-8-21/h4-16H,3,17H2,1-2H3,(H,27,29)/b22-15+. The lowest BCUT2D eigenvalue weighted by molar-refractivity contribution is -0.117. The molecule has 0 aromatic heterocycles. The third kappa shape index (κ3) is 4.64. The van der Waals surface area contributed by atoms with E-state index in [1.807, 2.05) is 44.2 Å². The topological polar surface area (TPSA) is 67.9 Å². The largest absolute Gasteiger partial charge is 0.490 e. The summed E-state index contributed by atoms with van der Waals surface area (Å²) >= 11 is 0. The number of anilines is 1. The van der Waals surface area contributed by atoms with Crippen LogP contribution >= 0.6 is 0 Å². The van der Waals surface area contributed by atoms with Crippen LogP contribution < -0.4 is 19.9 Å². The van der Waals surface area contributed by atoms with Crippen molar-refractivity contribution >= 4 is 23.6 Å². The number of para-hydroxylation sites is 1. The van der Waals surface area contributed by atoms with Crippen LogP contribution in [0.2, 0.25) is 0 Å². The molecule has 1 fully saturated rings. The second-order valence-corrected chi connectivity index (χ2v) is 7.39. The minimum absolute atomic E-state index is 0.0598. The second kappa shape index (κ2) is 9.39. The minimum atomic E-state index is -0.448. The Morgan fingerprint density at radius 1 is 0.906 bits per heavy atom. The average Bonchev–Trinajstić information content (AvgIpc) is 3.09. The van der Waals surface area contributed by atoms with E-state index < -0.39 is 11.8 Å². The summed E-state index contributed by atoms with van der Waals surface area (Å²) in [5, 5.41) is 1.25. The fourth-order valence-electron chi connectivity index (χ4n) is 3.33. The van der Waals surface area contributed by atoms with Gasteiger partial charge < -0.3 is 9.47 Å². The number of hydrazine groups is 1. The number of hydrogen-bond donors (Lipinski definition) is 1. The van der Waals surface area contributed by atoms with Crippen LogP contribution in [-0.2, 0) is 16.2 Å². The monoisotopic (exact) mass is 428 g/mol. The quantitative estimate of drug-likeness (QED) is 0.446. The highest BCUT2D eigenvalue weighted by molar-refractivity contribution is 6.31. The van der Waals surface area contributed by atoms with E-state index in [4.69, 9.17) is 9.47 Å². The number of nitrogens with one attached hydrogen (secondary N) is 1. The third-order valence-corrected chi connectivity index (χ3v) is 5.00. The van der Waals surface area contributed by atoms with E-state index in [0.29, 0.717) is 36.0 Å². The highest BCUT2D eigenvalue weighted by atomic mass is 16.5. The molecule has 6 heteroatoms. The number of carbonyl (C=O) groups excluding carboxylic acids is 2. The molecular formula is C26H24N2O4. The van der Waals surface area contributed by atoms with Crippen LogP contribution in [0.1, 0.15) is 23.6 Å². The molecule has 1 aliphatic heterocycles. The molecule has 0 unspecified atom stereocenters. The molecule has 0 spiro atoms. The van der Waals surface area contributed by atoms with E-state index in [-0.39, 0.29) is 5.57 Å². The summed E-state index contributed by atoms with van der Waals surface area (Å²) in [6.07, 6.45) is 1.56. The van der Waals surface area contributed by atoms with Crippen LogP contribution in [0.4, 0.5) is 5.69 Å². The normalized spacial score (nSPS) is 14.6. The number of benzene rings is 3. The summed E-state index contributed by atoms with van der Waals surface area (Å²) in [6, 6.07) is 22.5.